The molecular weight excluding hydrogens is 446 g/mol. The van der Waals surface area contributed by atoms with Gasteiger partial charge in [0.05, 0.1) is 32.5 Å². The monoisotopic (exact) mass is 475 g/mol. The van der Waals surface area contributed by atoms with Crippen LogP contribution in [-0.2, 0) is 10.0 Å². The smallest absolute Gasteiger partial charge is 0.231 e. The van der Waals surface area contributed by atoms with Crippen molar-refractivity contribution in [3.8, 4) is 11.5 Å². The van der Waals surface area contributed by atoms with E-state index in [1.54, 1.807) is 26.6 Å². The second-order valence-corrected chi connectivity index (χ2v) is 10.0. The lowest BCUT2D eigenvalue weighted by Crippen LogP contribution is -2.33. The largest absolute Gasteiger partial charge is 0.497 e. The Balaban J connectivity index is 1.47. The molecule has 33 heavy (non-hydrogen) atoms. The van der Waals surface area contributed by atoms with Gasteiger partial charge in [0.25, 0.3) is 0 Å². The van der Waals surface area contributed by atoms with Crippen LogP contribution >= 0.6 is 0 Å². The molecule has 0 bridgehead atoms. The third kappa shape index (κ3) is 5.82. The zero-order chi connectivity index (χ0) is 23.4. The van der Waals surface area contributed by atoms with Gasteiger partial charge < -0.3 is 25.1 Å². The van der Waals surface area contributed by atoms with Crippen LogP contribution in [0, 0.1) is 5.92 Å². The molecule has 0 aliphatic heterocycles. The number of aromatic amines is 1. The molecule has 1 aliphatic carbocycles. The highest BCUT2D eigenvalue weighted by Gasteiger charge is 2.23. The Morgan fingerprint density at radius 3 is 2.61 bits per heavy atom. The van der Waals surface area contributed by atoms with E-state index in [0.717, 1.165) is 31.2 Å². The first-order valence-corrected chi connectivity index (χ1v) is 12.6. The number of sulfonamides is 1. The van der Waals surface area contributed by atoms with E-state index < -0.39 is 10.0 Å². The lowest BCUT2D eigenvalue weighted by Gasteiger charge is -2.29. The molecule has 0 unspecified atom stereocenters. The summed E-state index contributed by atoms with van der Waals surface area (Å²) in [7, 11) is 0.0314. The van der Waals surface area contributed by atoms with Crippen molar-refractivity contribution in [2.75, 3.05) is 37.7 Å². The molecule has 11 nitrogen and oxygen atoms in total. The summed E-state index contributed by atoms with van der Waals surface area (Å²) in [5.74, 6) is 2.70. The van der Waals surface area contributed by atoms with E-state index in [1.807, 2.05) is 12.1 Å². The average molecular weight is 476 g/mol. The first-order valence-electron chi connectivity index (χ1n) is 10.8. The number of anilines is 3. The number of ether oxygens (including phenoxy) is 2. The van der Waals surface area contributed by atoms with Gasteiger partial charge in [0.15, 0.2) is 11.5 Å². The van der Waals surface area contributed by atoms with Crippen LogP contribution in [0.2, 0.25) is 0 Å². The Labute approximate surface area is 192 Å². The second-order valence-electron chi connectivity index (χ2n) is 8.17. The predicted octanol–water partition coefficient (Wildman–Crippen LogP) is 2.63. The van der Waals surface area contributed by atoms with Gasteiger partial charge in [-0.1, -0.05) is 0 Å². The zero-order valence-electron chi connectivity index (χ0n) is 18.9. The van der Waals surface area contributed by atoms with Gasteiger partial charge in [-0.3, -0.25) is 0 Å². The van der Waals surface area contributed by atoms with Crippen LogP contribution in [-0.4, -0.2) is 61.4 Å². The Bertz CT molecular complexity index is 1210. The van der Waals surface area contributed by atoms with Crippen molar-refractivity contribution in [2.24, 2.45) is 5.92 Å². The van der Waals surface area contributed by atoms with Crippen LogP contribution in [0.4, 0.5) is 17.5 Å². The third-order valence-electron chi connectivity index (χ3n) is 5.76. The summed E-state index contributed by atoms with van der Waals surface area (Å²) >= 11 is 0. The summed E-state index contributed by atoms with van der Waals surface area (Å²) in [6.07, 6.45) is 6.50. The highest BCUT2D eigenvalue weighted by Crippen LogP contribution is 2.32. The molecule has 3 aromatic rings. The van der Waals surface area contributed by atoms with Crippen LogP contribution < -0.4 is 24.8 Å². The topological polar surface area (TPSA) is 143 Å². The maximum atomic E-state index is 11.3. The minimum absolute atomic E-state index is 0.226. The van der Waals surface area contributed by atoms with Crippen LogP contribution in [0.15, 0.2) is 24.5 Å². The maximum Gasteiger partial charge on any atom is 0.231 e. The number of aromatic nitrogens is 4. The number of methoxy groups -OCH3 is 2. The van der Waals surface area contributed by atoms with E-state index in [2.05, 4.69) is 35.3 Å². The zero-order valence-corrected chi connectivity index (χ0v) is 19.7. The summed E-state index contributed by atoms with van der Waals surface area (Å²) in [4.78, 5) is 16.6. The van der Waals surface area contributed by atoms with Crippen molar-refractivity contribution in [3.05, 3.63) is 24.5 Å². The number of H-pyrrole nitrogens is 1. The van der Waals surface area contributed by atoms with Crippen molar-refractivity contribution in [3.63, 3.8) is 0 Å². The van der Waals surface area contributed by atoms with Crippen LogP contribution in [0.3, 0.4) is 0 Å². The predicted molar refractivity (Wildman–Crippen MR) is 127 cm³/mol. The van der Waals surface area contributed by atoms with Crippen LogP contribution in [0.1, 0.15) is 25.7 Å². The quantitative estimate of drug-likeness (QED) is 0.367. The highest BCUT2D eigenvalue weighted by molar-refractivity contribution is 7.88. The van der Waals surface area contributed by atoms with E-state index in [4.69, 9.17) is 9.47 Å². The van der Waals surface area contributed by atoms with Crippen molar-refractivity contribution >= 4 is 38.6 Å². The van der Waals surface area contributed by atoms with Crippen molar-refractivity contribution < 1.29 is 17.9 Å². The van der Waals surface area contributed by atoms with Gasteiger partial charge in [-0.2, -0.15) is 9.97 Å². The summed E-state index contributed by atoms with van der Waals surface area (Å²) in [6.45, 7) is 0.488. The van der Waals surface area contributed by atoms with E-state index in [1.165, 1.54) is 6.26 Å². The number of nitrogens with zero attached hydrogens (tertiary/aromatic N) is 3. The summed E-state index contributed by atoms with van der Waals surface area (Å²) in [5, 5.41) is 6.73. The molecule has 1 aliphatic rings. The molecule has 1 fully saturated rings. The number of nitrogens with one attached hydrogen (secondary N) is 4. The molecule has 2 aromatic heterocycles. The second kappa shape index (κ2) is 9.79. The molecule has 12 heteroatoms. The maximum absolute atomic E-state index is 11.3. The van der Waals surface area contributed by atoms with Gasteiger partial charge >= 0.3 is 0 Å². The lowest BCUT2D eigenvalue weighted by molar-refractivity contribution is 0.337. The van der Waals surface area contributed by atoms with Gasteiger partial charge in [0.2, 0.25) is 16.0 Å². The fourth-order valence-electron chi connectivity index (χ4n) is 3.99. The summed E-state index contributed by atoms with van der Waals surface area (Å²) in [6, 6.07) is 5.68. The van der Waals surface area contributed by atoms with E-state index in [9.17, 15) is 8.42 Å². The molecule has 2 heterocycles. The van der Waals surface area contributed by atoms with Crippen molar-refractivity contribution in [1.82, 2.24) is 24.7 Å². The van der Waals surface area contributed by atoms with Crippen LogP contribution in [0.5, 0.6) is 11.5 Å². The molecule has 1 saturated carbocycles. The molecule has 178 valence electrons. The minimum Gasteiger partial charge on any atom is -0.497 e. The first-order chi connectivity index (χ1) is 15.8. The molecule has 4 N–H and O–H groups in total. The Kier molecular flexibility index (Phi) is 6.84. The average Bonchev–Trinajstić information content (AvgIpc) is 3.27. The molecule has 4 rings (SSSR count). The minimum atomic E-state index is -3.16. The van der Waals surface area contributed by atoms with E-state index >= 15 is 0 Å². The van der Waals surface area contributed by atoms with Gasteiger partial charge in [-0.05, 0) is 43.7 Å². The number of rotatable bonds is 9. The fourth-order valence-corrected chi connectivity index (χ4v) is 4.53. The van der Waals surface area contributed by atoms with Gasteiger partial charge in [-0.25, -0.2) is 18.1 Å². The summed E-state index contributed by atoms with van der Waals surface area (Å²) in [5.41, 5.74) is 2.00. The van der Waals surface area contributed by atoms with Gasteiger partial charge in [0.1, 0.15) is 17.0 Å². The summed E-state index contributed by atoms with van der Waals surface area (Å²) < 4.78 is 36.0. The lowest BCUT2D eigenvalue weighted by atomic mass is 9.86. The first kappa shape index (κ1) is 23.1. The molecule has 0 atom stereocenters. The molecule has 0 spiro atoms. The number of hydrogen-bond donors (Lipinski definition) is 4. The normalized spacial score (nSPS) is 18.8. The third-order valence-corrected chi connectivity index (χ3v) is 6.45. The Hall–Kier alpha value is -3.12. The molecular formula is C21H29N7O4S. The Morgan fingerprint density at radius 1 is 1.12 bits per heavy atom. The van der Waals surface area contributed by atoms with Gasteiger partial charge in [0, 0.05) is 18.7 Å². The number of imidazole rings is 1. The molecule has 0 saturated heterocycles. The molecule has 1 aromatic carbocycles. The number of hydrogen-bond acceptors (Lipinski definition) is 9. The van der Waals surface area contributed by atoms with E-state index in [0.29, 0.717) is 47.1 Å². The van der Waals surface area contributed by atoms with Crippen LogP contribution in [0.25, 0.3) is 11.2 Å². The number of benzene rings is 1. The standard InChI is InChI=1S/C21H29N7O4S/c1-31-15-8-9-16(17(10-15)32-2)26-21-27-19-18(22-12-23-19)20(28-21)25-14-6-4-13(5-7-14)11-24-33(3,29)30/h8-10,12-14,24H,4-7,11H2,1-3H3,(H3,22,23,25,26,27,28). The number of fused-ring (bicyclic) bond motifs is 1. The van der Waals surface area contributed by atoms with Gasteiger partial charge in [-0.15, -0.1) is 0 Å². The molecule has 0 amide bonds. The Morgan fingerprint density at radius 2 is 1.91 bits per heavy atom. The van der Waals surface area contributed by atoms with Crippen molar-refractivity contribution in [2.45, 2.75) is 31.7 Å². The van der Waals surface area contributed by atoms with E-state index in [-0.39, 0.29) is 6.04 Å². The highest BCUT2D eigenvalue weighted by atomic mass is 32.2. The fraction of sp³-hybridized carbons (Fsp3) is 0.476. The van der Waals surface area contributed by atoms with Crippen molar-refractivity contribution in [1.29, 1.82) is 0 Å². The molecule has 0 radical (unpaired) electrons. The SMILES string of the molecule is COc1ccc(Nc2nc(NC3CCC(CNS(C)(=O)=O)CC3)c3[nH]cnc3n2)c(OC)c1.